The highest BCUT2D eigenvalue weighted by atomic mass is 15.1. The predicted molar refractivity (Wildman–Crippen MR) is 190 cm³/mol. The van der Waals surface area contributed by atoms with Gasteiger partial charge in [0, 0.05) is 41.5 Å². The molecular weight excluding hydrogens is 543 g/mol. The van der Waals surface area contributed by atoms with Crippen LogP contribution in [0.15, 0.2) is 144 Å². The van der Waals surface area contributed by atoms with Crippen molar-refractivity contribution >= 4 is 18.0 Å². The van der Waals surface area contributed by atoms with Crippen LogP contribution in [-0.2, 0) is 0 Å². The molecule has 0 bridgehead atoms. The molecule has 2 aromatic carbocycles. The molecule has 2 nitrogen and oxygen atoms in total. The Hall–Kier alpha value is -4.42. The summed E-state index contributed by atoms with van der Waals surface area (Å²) >= 11 is 0. The minimum absolute atomic E-state index is 0.294. The minimum atomic E-state index is 0.294. The van der Waals surface area contributed by atoms with Crippen LogP contribution in [0.2, 0.25) is 12.6 Å². The maximum Gasteiger partial charge on any atom is 0.261 e. The zero-order valence-corrected chi connectivity index (χ0v) is 26.1. The van der Waals surface area contributed by atoms with Crippen molar-refractivity contribution in [3.8, 4) is 11.8 Å². The maximum absolute atomic E-state index is 3.89. The molecule has 1 saturated heterocycles. The molecule has 3 unspecified atom stereocenters. The average Bonchev–Trinajstić information content (AvgIpc) is 3.90. The van der Waals surface area contributed by atoms with E-state index in [4.69, 9.17) is 0 Å². The van der Waals surface area contributed by atoms with Crippen LogP contribution in [0.5, 0.6) is 0 Å². The lowest BCUT2D eigenvalue weighted by Gasteiger charge is -2.38. The summed E-state index contributed by atoms with van der Waals surface area (Å²) in [4.78, 5) is 2.67. The van der Waals surface area contributed by atoms with Crippen molar-refractivity contribution in [1.29, 1.82) is 0 Å². The maximum atomic E-state index is 3.89. The monoisotopic (exact) mass is 584 g/mol. The van der Waals surface area contributed by atoms with Gasteiger partial charge in [0.25, 0.3) is 6.85 Å². The quantitative estimate of drug-likeness (QED) is 0.189. The van der Waals surface area contributed by atoms with Gasteiger partial charge in [-0.1, -0.05) is 115 Å². The van der Waals surface area contributed by atoms with Crippen LogP contribution < -0.4 is 5.32 Å². The number of hydrogen-bond acceptors (Lipinski definition) is 2. The zero-order chi connectivity index (χ0) is 30.0. The molecule has 1 aliphatic heterocycles. The van der Waals surface area contributed by atoms with E-state index in [2.05, 4.69) is 137 Å². The predicted octanol–water partition coefficient (Wildman–Crippen LogP) is 9.51. The number of allylic oxidation sites excluding steroid dienone is 13. The van der Waals surface area contributed by atoms with Crippen molar-refractivity contribution in [3.63, 3.8) is 0 Å². The first kappa shape index (κ1) is 28.1. The Morgan fingerprint density at radius 3 is 2.36 bits per heavy atom. The van der Waals surface area contributed by atoms with Crippen molar-refractivity contribution in [2.24, 2.45) is 11.8 Å². The lowest BCUT2D eigenvalue weighted by atomic mass is 9.49. The summed E-state index contributed by atoms with van der Waals surface area (Å²) in [6.45, 7) is 0.573. The summed E-state index contributed by atoms with van der Waals surface area (Å²) in [6.07, 6.45) is 31.7. The molecule has 1 fully saturated rings. The normalized spacial score (nSPS) is 25.1. The third-order valence-corrected chi connectivity index (χ3v) is 10.4. The fourth-order valence-corrected chi connectivity index (χ4v) is 7.92. The Morgan fingerprint density at radius 2 is 1.64 bits per heavy atom. The van der Waals surface area contributed by atoms with Crippen LogP contribution in [0.25, 0.3) is 11.1 Å². The van der Waals surface area contributed by atoms with Gasteiger partial charge in [0.15, 0.2) is 0 Å². The number of nitrogens with zero attached hydrogens (tertiary/aromatic N) is 1. The first-order valence-corrected chi connectivity index (χ1v) is 17.0. The molecule has 45 heavy (non-hydrogen) atoms. The summed E-state index contributed by atoms with van der Waals surface area (Å²) in [6, 6.07) is 22.1. The fraction of sp³-hybridized carbons (Fsp3) is 0.286. The molecule has 8 rings (SSSR count). The average molecular weight is 585 g/mol. The molecular formula is C42H41BN2. The number of fused-ring (bicyclic) bond motifs is 1. The molecule has 3 atom stereocenters. The largest absolute Gasteiger partial charge is 0.389 e. The minimum Gasteiger partial charge on any atom is -0.389 e. The molecule has 2 aromatic rings. The van der Waals surface area contributed by atoms with Gasteiger partial charge in [-0.25, -0.2) is 0 Å². The number of benzene rings is 2. The van der Waals surface area contributed by atoms with E-state index in [-0.39, 0.29) is 0 Å². The van der Waals surface area contributed by atoms with Crippen LogP contribution in [0, 0.1) is 23.7 Å². The van der Waals surface area contributed by atoms with E-state index in [1.807, 2.05) is 0 Å². The second-order valence-corrected chi connectivity index (χ2v) is 13.3. The van der Waals surface area contributed by atoms with Gasteiger partial charge in [0.05, 0.1) is 0 Å². The fourth-order valence-electron chi connectivity index (χ4n) is 7.92. The summed E-state index contributed by atoms with van der Waals surface area (Å²) in [5.74, 6) is 7.71. The van der Waals surface area contributed by atoms with E-state index in [1.165, 1.54) is 64.0 Å². The second-order valence-electron chi connectivity index (χ2n) is 13.3. The SMILES string of the molecule is C1#CCCC(N(B2CCC3=CC3C2)C2=CCC(C3=CCC(NC4=CC=C(c5ccccc5)CC4)C=C3c3ccccc3)C=C2)=C1. The smallest absolute Gasteiger partial charge is 0.261 e. The number of hydrogen-bond donors (Lipinski definition) is 1. The van der Waals surface area contributed by atoms with Gasteiger partial charge in [-0.3, -0.25) is 0 Å². The molecule has 1 N–H and O–H groups in total. The second kappa shape index (κ2) is 12.5. The Kier molecular flexibility index (Phi) is 7.82. The Labute approximate surface area is 269 Å². The van der Waals surface area contributed by atoms with Crippen LogP contribution in [0.3, 0.4) is 0 Å². The zero-order valence-electron chi connectivity index (χ0n) is 26.1. The van der Waals surface area contributed by atoms with Crippen LogP contribution in [0.4, 0.5) is 0 Å². The van der Waals surface area contributed by atoms with Crippen molar-refractivity contribution in [1.82, 2.24) is 10.1 Å². The lowest BCUT2D eigenvalue weighted by molar-refractivity contribution is 0.589. The number of nitrogens with one attached hydrogen (secondary N) is 1. The van der Waals surface area contributed by atoms with Gasteiger partial charge >= 0.3 is 0 Å². The van der Waals surface area contributed by atoms with Gasteiger partial charge in [-0.15, -0.1) is 0 Å². The topological polar surface area (TPSA) is 15.3 Å². The molecule has 0 saturated carbocycles. The van der Waals surface area contributed by atoms with E-state index in [9.17, 15) is 0 Å². The highest BCUT2D eigenvalue weighted by Crippen LogP contribution is 2.46. The van der Waals surface area contributed by atoms with Gasteiger partial charge in [-0.05, 0) is 97.1 Å². The van der Waals surface area contributed by atoms with Gasteiger partial charge in [-0.2, -0.15) is 0 Å². The highest BCUT2D eigenvalue weighted by Gasteiger charge is 2.39. The molecule has 0 amide bonds. The lowest BCUT2D eigenvalue weighted by Crippen LogP contribution is -2.40. The van der Waals surface area contributed by atoms with Crippen LogP contribution in [0.1, 0.15) is 56.1 Å². The van der Waals surface area contributed by atoms with Crippen LogP contribution >= 0.6 is 0 Å². The summed E-state index contributed by atoms with van der Waals surface area (Å²) in [7, 11) is 0. The molecule has 0 aromatic heterocycles. The van der Waals surface area contributed by atoms with Crippen LogP contribution in [-0.4, -0.2) is 17.7 Å². The van der Waals surface area contributed by atoms with Crippen molar-refractivity contribution in [2.45, 2.75) is 63.6 Å². The first-order chi connectivity index (χ1) is 22.3. The van der Waals surface area contributed by atoms with Crippen molar-refractivity contribution < 1.29 is 0 Å². The van der Waals surface area contributed by atoms with Gasteiger partial charge < -0.3 is 10.1 Å². The number of rotatable bonds is 8. The third kappa shape index (κ3) is 6.12. The first-order valence-electron chi connectivity index (χ1n) is 17.0. The van der Waals surface area contributed by atoms with Gasteiger partial charge in [0.2, 0.25) is 0 Å². The summed E-state index contributed by atoms with van der Waals surface area (Å²) < 4.78 is 0. The highest BCUT2D eigenvalue weighted by molar-refractivity contribution is 6.57. The standard InChI is InChI=1S/C42H41BN2/c1-4-10-31(11-5-1)32-16-20-37(21-17-32)44-38-22-25-41(42(29-38)33-12-6-2-7-13-33)34-18-23-40(24-19-34)45(39-14-8-3-9-15-39)43-27-26-35-28-36(35)30-43/h1-2,4-7,10-13,15-16,18,20,23-25,28-29,34,36,38,44H,8,14,17,19,21-22,26-27,30H2. The molecule has 1 heterocycles. The van der Waals surface area contributed by atoms with Crippen molar-refractivity contribution in [3.05, 3.63) is 155 Å². The summed E-state index contributed by atoms with van der Waals surface area (Å²) in [5, 5.41) is 3.89. The Morgan fingerprint density at radius 1 is 0.800 bits per heavy atom. The van der Waals surface area contributed by atoms with E-state index < -0.39 is 0 Å². The molecule has 5 aliphatic carbocycles. The molecule has 222 valence electrons. The van der Waals surface area contributed by atoms with E-state index in [0.29, 0.717) is 18.8 Å². The summed E-state index contributed by atoms with van der Waals surface area (Å²) in [5.41, 5.74) is 12.7. The van der Waals surface area contributed by atoms with Crippen molar-refractivity contribution in [2.75, 3.05) is 0 Å². The molecule has 3 heteroatoms. The van der Waals surface area contributed by atoms with E-state index in [0.717, 1.165) is 44.4 Å². The molecule has 0 radical (unpaired) electrons. The van der Waals surface area contributed by atoms with E-state index >= 15 is 0 Å². The molecule has 0 spiro atoms. The van der Waals surface area contributed by atoms with E-state index in [1.54, 1.807) is 5.57 Å². The molecule has 6 aliphatic rings. The Balaban J connectivity index is 1.01. The Bertz CT molecular complexity index is 1770. The van der Waals surface area contributed by atoms with Gasteiger partial charge in [0.1, 0.15) is 0 Å². The third-order valence-electron chi connectivity index (χ3n) is 10.4.